The number of carbonyl (C=O) groups is 1. The molecule has 2 heteroatoms. The van der Waals surface area contributed by atoms with E-state index in [0.717, 1.165) is 24.2 Å². The smallest absolute Gasteiger partial charge is 0.133 e. The van der Waals surface area contributed by atoms with Gasteiger partial charge in [-0.15, -0.1) is 0 Å². The van der Waals surface area contributed by atoms with Crippen molar-refractivity contribution >= 4 is 17.2 Å². The number of hydrogen-bond acceptors (Lipinski definition) is 2. The van der Waals surface area contributed by atoms with E-state index >= 15 is 0 Å². The Morgan fingerprint density at radius 3 is 2.17 bits per heavy atom. The summed E-state index contributed by atoms with van der Waals surface area (Å²) >= 11 is 0. The van der Waals surface area contributed by atoms with Gasteiger partial charge in [0, 0.05) is 18.6 Å². The third kappa shape index (κ3) is 4.10. The third-order valence-corrected chi connectivity index (χ3v) is 3.20. The van der Waals surface area contributed by atoms with Crippen LogP contribution in [-0.2, 0) is 4.79 Å². The highest BCUT2D eigenvalue weighted by atomic mass is 16.1. The molecule has 0 radical (unpaired) electrons. The summed E-state index contributed by atoms with van der Waals surface area (Å²) in [6.07, 6.45) is 2.94. The van der Waals surface area contributed by atoms with Crippen molar-refractivity contribution < 1.29 is 4.79 Å². The van der Waals surface area contributed by atoms with E-state index in [1.54, 1.807) is 0 Å². The van der Waals surface area contributed by atoms with E-state index in [9.17, 15) is 4.79 Å². The number of aliphatic imine (C=N–C) groups is 1. The average molecular weight is 245 g/mol. The number of Topliss-reactive ketones (excluding diaryl/α,β-unsaturated/α-hetero) is 1. The highest BCUT2D eigenvalue weighted by molar-refractivity contribution is 5.91. The molecule has 0 aliphatic heterocycles. The second-order valence-corrected chi connectivity index (χ2v) is 4.66. The van der Waals surface area contributed by atoms with Crippen LogP contribution in [0.15, 0.2) is 23.2 Å². The molecule has 0 fully saturated rings. The van der Waals surface area contributed by atoms with Gasteiger partial charge in [-0.1, -0.05) is 32.0 Å². The van der Waals surface area contributed by atoms with E-state index < -0.39 is 0 Å². The van der Waals surface area contributed by atoms with E-state index in [0.29, 0.717) is 18.6 Å². The fourth-order valence-electron chi connectivity index (χ4n) is 1.91. The van der Waals surface area contributed by atoms with Crippen molar-refractivity contribution in [1.29, 1.82) is 0 Å². The molecule has 0 aromatic heterocycles. The molecule has 0 aliphatic carbocycles. The first-order chi connectivity index (χ1) is 8.58. The molecule has 1 rings (SSSR count). The molecule has 1 aromatic rings. The predicted molar refractivity (Wildman–Crippen MR) is 77.8 cm³/mol. The number of rotatable bonds is 6. The van der Waals surface area contributed by atoms with Gasteiger partial charge < -0.3 is 0 Å². The summed E-state index contributed by atoms with van der Waals surface area (Å²) in [4.78, 5) is 16.1. The van der Waals surface area contributed by atoms with Gasteiger partial charge in [-0.2, -0.15) is 0 Å². The fraction of sp³-hybridized carbons (Fsp3) is 0.500. The van der Waals surface area contributed by atoms with Crippen LogP contribution in [0.2, 0.25) is 0 Å². The van der Waals surface area contributed by atoms with Crippen molar-refractivity contribution in [2.24, 2.45) is 4.99 Å². The number of benzene rings is 1. The van der Waals surface area contributed by atoms with Crippen LogP contribution in [0.1, 0.15) is 50.7 Å². The molecule has 18 heavy (non-hydrogen) atoms. The monoisotopic (exact) mass is 245 g/mol. The summed E-state index contributed by atoms with van der Waals surface area (Å²) in [5, 5.41) is 0. The number of ketones is 1. The van der Waals surface area contributed by atoms with Gasteiger partial charge in [0.05, 0.1) is 5.69 Å². The zero-order valence-corrected chi connectivity index (χ0v) is 11.9. The Hall–Kier alpha value is -1.44. The second kappa shape index (κ2) is 7.10. The van der Waals surface area contributed by atoms with Crippen LogP contribution in [0.5, 0.6) is 0 Å². The van der Waals surface area contributed by atoms with E-state index in [1.807, 2.05) is 6.92 Å². The van der Waals surface area contributed by atoms with Gasteiger partial charge in [0.15, 0.2) is 0 Å². The largest absolute Gasteiger partial charge is 0.300 e. The van der Waals surface area contributed by atoms with E-state index in [-0.39, 0.29) is 0 Å². The number of hydrogen-bond donors (Lipinski definition) is 0. The van der Waals surface area contributed by atoms with Gasteiger partial charge in [0.2, 0.25) is 0 Å². The molecule has 0 atom stereocenters. The molecule has 0 bridgehead atoms. The highest BCUT2D eigenvalue weighted by Crippen LogP contribution is 2.24. The van der Waals surface area contributed by atoms with Crippen LogP contribution in [0, 0.1) is 13.8 Å². The molecular weight excluding hydrogens is 222 g/mol. The number of aryl methyl sites for hydroxylation is 2. The second-order valence-electron chi connectivity index (χ2n) is 4.66. The molecule has 0 aliphatic rings. The Morgan fingerprint density at radius 2 is 1.67 bits per heavy atom. The van der Waals surface area contributed by atoms with Crippen molar-refractivity contribution in [3.63, 3.8) is 0 Å². The Bertz CT molecular complexity index is 426. The molecule has 1 aromatic carbocycles. The van der Waals surface area contributed by atoms with Crippen LogP contribution >= 0.6 is 0 Å². The Balaban J connectivity index is 2.87. The minimum Gasteiger partial charge on any atom is -0.300 e. The highest BCUT2D eigenvalue weighted by Gasteiger charge is 2.05. The Morgan fingerprint density at radius 1 is 1.06 bits per heavy atom. The number of para-hydroxylation sites is 1. The van der Waals surface area contributed by atoms with Gasteiger partial charge in [0.1, 0.15) is 5.78 Å². The molecular formula is C16H23NO. The summed E-state index contributed by atoms with van der Waals surface area (Å²) in [6.45, 7) is 8.17. The zero-order valence-electron chi connectivity index (χ0n) is 11.9. The molecule has 0 saturated heterocycles. The SMILES string of the molecule is CCC(=O)CCC(CC)=Nc1c(C)cccc1C. The Kier molecular flexibility index (Phi) is 5.76. The lowest BCUT2D eigenvalue weighted by Crippen LogP contribution is -2.02. The standard InChI is InChI=1S/C16H23NO/c1-5-14(10-11-15(18)6-2)17-16-12(3)8-7-9-13(16)4/h7-9H,5-6,10-11H2,1-4H3. The fourth-order valence-corrected chi connectivity index (χ4v) is 1.91. The van der Waals surface area contributed by atoms with Gasteiger partial charge in [-0.25, -0.2) is 0 Å². The number of carbonyl (C=O) groups excluding carboxylic acids is 1. The van der Waals surface area contributed by atoms with Crippen molar-refractivity contribution in [2.45, 2.75) is 53.4 Å². The molecule has 0 amide bonds. The maximum Gasteiger partial charge on any atom is 0.133 e. The van der Waals surface area contributed by atoms with E-state index in [2.05, 4.69) is 39.0 Å². The molecule has 0 spiro atoms. The van der Waals surface area contributed by atoms with Crippen molar-refractivity contribution in [3.8, 4) is 0 Å². The maximum absolute atomic E-state index is 11.4. The van der Waals surface area contributed by atoms with Gasteiger partial charge in [0.25, 0.3) is 0 Å². The zero-order chi connectivity index (χ0) is 13.5. The topological polar surface area (TPSA) is 29.4 Å². The first-order valence-electron chi connectivity index (χ1n) is 6.72. The van der Waals surface area contributed by atoms with Crippen molar-refractivity contribution in [2.75, 3.05) is 0 Å². The summed E-state index contributed by atoms with van der Waals surface area (Å²) in [6, 6.07) is 6.21. The quantitative estimate of drug-likeness (QED) is 0.676. The normalized spacial score (nSPS) is 11.7. The van der Waals surface area contributed by atoms with Crippen molar-refractivity contribution in [3.05, 3.63) is 29.3 Å². The molecule has 2 nitrogen and oxygen atoms in total. The minimum absolute atomic E-state index is 0.317. The number of nitrogens with zero attached hydrogens (tertiary/aromatic N) is 1. The molecule has 0 saturated carbocycles. The first-order valence-corrected chi connectivity index (χ1v) is 6.72. The predicted octanol–water partition coefficient (Wildman–Crippen LogP) is 4.55. The first kappa shape index (κ1) is 14.6. The molecule has 98 valence electrons. The van der Waals surface area contributed by atoms with E-state index in [1.165, 1.54) is 11.1 Å². The molecule has 0 heterocycles. The average Bonchev–Trinajstić information content (AvgIpc) is 2.37. The minimum atomic E-state index is 0.317. The summed E-state index contributed by atoms with van der Waals surface area (Å²) in [7, 11) is 0. The summed E-state index contributed by atoms with van der Waals surface area (Å²) < 4.78 is 0. The van der Waals surface area contributed by atoms with Crippen LogP contribution in [0.25, 0.3) is 0 Å². The molecule has 0 N–H and O–H groups in total. The summed E-state index contributed by atoms with van der Waals surface area (Å²) in [5.74, 6) is 0.317. The van der Waals surface area contributed by atoms with Crippen LogP contribution < -0.4 is 0 Å². The lowest BCUT2D eigenvalue weighted by Gasteiger charge is -2.08. The van der Waals surface area contributed by atoms with Gasteiger partial charge in [-0.05, 0) is 37.8 Å². The lowest BCUT2D eigenvalue weighted by molar-refractivity contribution is -0.118. The lowest BCUT2D eigenvalue weighted by atomic mass is 10.1. The van der Waals surface area contributed by atoms with Gasteiger partial charge in [-0.3, -0.25) is 9.79 Å². The summed E-state index contributed by atoms with van der Waals surface area (Å²) in [5.41, 5.74) is 4.58. The maximum atomic E-state index is 11.4. The van der Waals surface area contributed by atoms with Gasteiger partial charge >= 0.3 is 0 Å². The third-order valence-electron chi connectivity index (χ3n) is 3.20. The van der Waals surface area contributed by atoms with Crippen LogP contribution in [0.3, 0.4) is 0 Å². The van der Waals surface area contributed by atoms with E-state index in [4.69, 9.17) is 4.99 Å². The van der Waals surface area contributed by atoms with Crippen molar-refractivity contribution in [1.82, 2.24) is 0 Å². The molecule has 0 unspecified atom stereocenters. The Labute approximate surface area is 110 Å². The van der Waals surface area contributed by atoms with Crippen LogP contribution in [-0.4, -0.2) is 11.5 Å². The van der Waals surface area contributed by atoms with Crippen LogP contribution in [0.4, 0.5) is 5.69 Å².